The minimum Gasteiger partial charge on any atom is -0.317 e. The molecule has 0 aliphatic carbocycles. The van der Waals surface area contributed by atoms with E-state index < -0.39 is 0 Å². The van der Waals surface area contributed by atoms with Gasteiger partial charge in [-0.1, -0.05) is 13.8 Å². The van der Waals surface area contributed by atoms with Crippen LogP contribution in [-0.2, 0) is 13.5 Å². The lowest BCUT2D eigenvalue weighted by molar-refractivity contribution is 0.464. The van der Waals surface area contributed by atoms with Gasteiger partial charge in [-0.15, -0.1) is 0 Å². The molecule has 0 aliphatic heterocycles. The molecule has 0 saturated heterocycles. The number of hydrogen-bond donors (Lipinski definition) is 1. The smallest absolute Gasteiger partial charge is 0.0492 e. The van der Waals surface area contributed by atoms with Gasteiger partial charge in [0.1, 0.15) is 0 Å². The SMILES string of the molecule is CCCNCCC(C)CCc1ccnn1C. The minimum absolute atomic E-state index is 0.791. The van der Waals surface area contributed by atoms with Crippen molar-refractivity contribution in [3.8, 4) is 0 Å². The lowest BCUT2D eigenvalue weighted by atomic mass is 10.0. The summed E-state index contributed by atoms with van der Waals surface area (Å²) in [5.41, 5.74) is 1.34. The first-order valence-corrected chi connectivity index (χ1v) is 6.41. The number of rotatable bonds is 8. The monoisotopic (exact) mass is 223 g/mol. The summed E-state index contributed by atoms with van der Waals surface area (Å²) in [4.78, 5) is 0. The van der Waals surface area contributed by atoms with Gasteiger partial charge in [0, 0.05) is 18.9 Å². The molecule has 0 saturated carbocycles. The Morgan fingerprint density at radius 1 is 1.38 bits per heavy atom. The van der Waals surface area contributed by atoms with Crippen molar-refractivity contribution in [1.29, 1.82) is 0 Å². The van der Waals surface area contributed by atoms with Gasteiger partial charge in [0.05, 0.1) is 0 Å². The third-order valence-corrected chi connectivity index (χ3v) is 3.06. The second-order valence-corrected chi connectivity index (χ2v) is 4.63. The Balaban J connectivity index is 2.10. The maximum atomic E-state index is 4.19. The van der Waals surface area contributed by atoms with Gasteiger partial charge in [0.15, 0.2) is 0 Å². The molecule has 16 heavy (non-hydrogen) atoms. The van der Waals surface area contributed by atoms with Crippen LogP contribution in [0.1, 0.15) is 38.8 Å². The van der Waals surface area contributed by atoms with E-state index in [1.807, 2.05) is 17.9 Å². The van der Waals surface area contributed by atoms with Crippen molar-refractivity contribution < 1.29 is 0 Å². The first-order chi connectivity index (χ1) is 7.74. The number of nitrogens with one attached hydrogen (secondary N) is 1. The zero-order valence-electron chi connectivity index (χ0n) is 10.9. The van der Waals surface area contributed by atoms with E-state index in [4.69, 9.17) is 0 Å². The molecule has 1 atom stereocenters. The molecule has 0 fully saturated rings. The highest BCUT2D eigenvalue weighted by molar-refractivity contribution is 4.99. The van der Waals surface area contributed by atoms with Crippen LogP contribution < -0.4 is 5.32 Å². The average Bonchev–Trinajstić information content (AvgIpc) is 2.67. The molecule has 1 aromatic heterocycles. The van der Waals surface area contributed by atoms with Crippen molar-refractivity contribution in [2.75, 3.05) is 13.1 Å². The molecule has 0 radical (unpaired) electrons. The van der Waals surface area contributed by atoms with Crippen molar-refractivity contribution in [2.24, 2.45) is 13.0 Å². The normalized spacial score (nSPS) is 12.9. The molecule has 3 heteroatoms. The molecule has 0 spiro atoms. The van der Waals surface area contributed by atoms with E-state index >= 15 is 0 Å². The summed E-state index contributed by atoms with van der Waals surface area (Å²) in [7, 11) is 2.02. The summed E-state index contributed by atoms with van der Waals surface area (Å²) in [6, 6.07) is 2.11. The Kier molecular flexibility index (Phi) is 6.16. The Labute approximate surface area is 99.2 Å². The lowest BCUT2D eigenvalue weighted by Gasteiger charge is -2.11. The molecule has 1 unspecified atom stereocenters. The van der Waals surface area contributed by atoms with Crippen LogP contribution in [0.25, 0.3) is 0 Å². The highest BCUT2D eigenvalue weighted by atomic mass is 15.2. The van der Waals surface area contributed by atoms with Crippen LogP contribution in [0.3, 0.4) is 0 Å². The standard InChI is InChI=1S/C13H25N3/c1-4-9-14-10-7-12(2)5-6-13-8-11-15-16(13)3/h8,11-12,14H,4-7,9-10H2,1-3H3. The second kappa shape index (κ2) is 7.44. The number of hydrogen-bond acceptors (Lipinski definition) is 2. The van der Waals surface area contributed by atoms with Crippen LogP contribution in [0.15, 0.2) is 12.3 Å². The molecule has 0 aromatic carbocycles. The van der Waals surface area contributed by atoms with E-state index in [0.717, 1.165) is 25.4 Å². The summed E-state index contributed by atoms with van der Waals surface area (Å²) in [6.45, 7) is 6.84. The molecule has 0 amide bonds. The van der Waals surface area contributed by atoms with Gasteiger partial charge in [-0.2, -0.15) is 5.10 Å². The molecule has 0 bridgehead atoms. The van der Waals surface area contributed by atoms with E-state index in [9.17, 15) is 0 Å². The van der Waals surface area contributed by atoms with Gasteiger partial charge in [-0.3, -0.25) is 4.68 Å². The summed E-state index contributed by atoms with van der Waals surface area (Å²) < 4.78 is 1.97. The Hall–Kier alpha value is -0.830. The van der Waals surface area contributed by atoms with Crippen molar-refractivity contribution >= 4 is 0 Å². The van der Waals surface area contributed by atoms with Crippen LogP contribution in [0, 0.1) is 5.92 Å². The van der Waals surface area contributed by atoms with E-state index in [-0.39, 0.29) is 0 Å². The van der Waals surface area contributed by atoms with Crippen molar-refractivity contribution in [1.82, 2.24) is 15.1 Å². The fraction of sp³-hybridized carbons (Fsp3) is 0.769. The van der Waals surface area contributed by atoms with Crippen LogP contribution in [0.5, 0.6) is 0 Å². The van der Waals surface area contributed by atoms with Crippen LogP contribution in [0.2, 0.25) is 0 Å². The van der Waals surface area contributed by atoms with Gasteiger partial charge in [0.25, 0.3) is 0 Å². The van der Waals surface area contributed by atoms with Crippen LogP contribution >= 0.6 is 0 Å². The largest absolute Gasteiger partial charge is 0.317 e. The number of aromatic nitrogens is 2. The second-order valence-electron chi connectivity index (χ2n) is 4.63. The summed E-state index contributed by atoms with van der Waals surface area (Å²) in [6.07, 6.45) is 6.78. The highest BCUT2D eigenvalue weighted by Gasteiger charge is 2.04. The third kappa shape index (κ3) is 4.79. The van der Waals surface area contributed by atoms with E-state index in [1.54, 1.807) is 0 Å². The topological polar surface area (TPSA) is 29.9 Å². The van der Waals surface area contributed by atoms with Crippen molar-refractivity contribution in [2.45, 2.75) is 39.5 Å². The number of nitrogens with zero attached hydrogens (tertiary/aromatic N) is 2. The summed E-state index contributed by atoms with van der Waals surface area (Å²) in [5, 5.41) is 7.64. The average molecular weight is 223 g/mol. The molecular weight excluding hydrogens is 198 g/mol. The zero-order chi connectivity index (χ0) is 11.8. The molecular formula is C13H25N3. The van der Waals surface area contributed by atoms with Crippen LogP contribution in [0.4, 0.5) is 0 Å². The van der Waals surface area contributed by atoms with Gasteiger partial charge in [0.2, 0.25) is 0 Å². The van der Waals surface area contributed by atoms with Crippen molar-refractivity contribution in [3.05, 3.63) is 18.0 Å². The fourth-order valence-corrected chi connectivity index (χ4v) is 1.84. The Morgan fingerprint density at radius 3 is 2.81 bits per heavy atom. The Morgan fingerprint density at radius 2 is 2.19 bits per heavy atom. The molecule has 92 valence electrons. The van der Waals surface area contributed by atoms with E-state index in [2.05, 4.69) is 30.3 Å². The molecule has 1 N–H and O–H groups in total. The predicted molar refractivity (Wildman–Crippen MR) is 68.5 cm³/mol. The predicted octanol–water partition coefficient (Wildman–Crippen LogP) is 2.38. The van der Waals surface area contributed by atoms with Crippen LogP contribution in [-0.4, -0.2) is 22.9 Å². The maximum absolute atomic E-state index is 4.19. The van der Waals surface area contributed by atoms with Gasteiger partial charge in [-0.05, 0) is 50.8 Å². The molecule has 1 rings (SSSR count). The summed E-state index contributed by atoms with van der Waals surface area (Å²) >= 11 is 0. The lowest BCUT2D eigenvalue weighted by Crippen LogP contribution is -2.18. The zero-order valence-corrected chi connectivity index (χ0v) is 10.9. The summed E-state index contributed by atoms with van der Waals surface area (Å²) in [5.74, 6) is 0.791. The quantitative estimate of drug-likeness (QED) is 0.686. The number of aryl methyl sites for hydroxylation is 2. The third-order valence-electron chi connectivity index (χ3n) is 3.06. The van der Waals surface area contributed by atoms with E-state index in [1.165, 1.54) is 25.0 Å². The molecule has 3 nitrogen and oxygen atoms in total. The maximum Gasteiger partial charge on any atom is 0.0492 e. The fourth-order valence-electron chi connectivity index (χ4n) is 1.84. The minimum atomic E-state index is 0.791. The highest BCUT2D eigenvalue weighted by Crippen LogP contribution is 2.11. The molecule has 1 heterocycles. The molecule has 1 aromatic rings. The first-order valence-electron chi connectivity index (χ1n) is 6.41. The van der Waals surface area contributed by atoms with E-state index in [0.29, 0.717) is 0 Å². The molecule has 0 aliphatic rings. The van der Waals surface area contributed by atoms with Gasteiger partial charge in [-0.25, -0.2) is 0 Å². The Bertz CT molecular complexity index is 280. The van der Waals surface area contributed by atoms with Gasteiger partial charge < -0.3 is 5.32 Å². The van der Waals surface area contributed by atoms with Gasteiger partial charge >= 0.3 is 0 Å². The van der Waals surface area contributed by atoms with Crippen molar-refractivity contribution in [3.63, 3.8) is 0 Å². The first kappa shape index (κ1) is 13.2.